The molecular weight excluding hydrogens is 541 g/mol. The van der Waals surface area contributed by atoms with Crippen LogP contribution in [0.5, 0.6) is 0 Å². The van der Waals surface area contributed by atoms with Crippen molar-refractivity contribution < 1.29 is 21.6 Å². The molecule has 0 saturated heterocycles. The van der Waals surface area contributed by atoms with Gasteiger partial charge in [-0.25, -0.2) is 0 Å². The second kappa shape index (κ2) is 14.4. The van der Waals surface area contributed by atoms with Gasteiger partial charge in [0.15, 0.2) is 8.32 Å². The SMILES string of the molecule is CC(=O)O[Si](O[Si](O[Si](O[Si](C(C)C)(C(C)C)C(C)C)(C(C)C)C(C)C)(C(C)C)C(C)C)(C(C)C)C(C)C. The summed E-state index contributed by atoms with van der Waals surface area (Å²) in [4.78, 5) is 12.5. The molecule has 0 aromatic heterocycles. The first-order valence-electron chi connectivity index (χ1n) is 15.3. The number of carbonyl (C=O) groups excluding carboxylic acids is 1. The van der Waals surface area contributed by atoms with Gasteiger partial charge >= 0.3 is 25.7 Å². The fourth-order valence-electron chi connectivity index (χ4n) is 6.83. The Hall–Kier alpha value is 0.218. The molecule has 0 amide bonds. The second-order valence-electron chi connectivity index (χ2n) is 14.3. The zero-order chi connectivity index (χ0) is 30.6. The van der Waals surface area contributed by atoms with E-state index in [-0.39, 0.29) is 39.2 Å². The van der Waals surface area contributed by atoms with E-state index in [1.807, 2.05) is 0 Å². The highest BCUT2D eigenvalue weighted by atomic mass is 28.5. The highest BCUT2D eigenvalue weighted by Gasteiger charge is 2.64. The maximum atomic E-state index is 12.5. The molecule has 0 radical (unpaired) electrons. The monoisotopic (exact) mass is 606 g/mol. The van der Waals surface area contributed by atoms with Crippen LogP contribution in [0.4, 0.5) is 0 Å². The third kappa shape index (κ3) is 7.53. The van der Waals surface area contributed by atoms with E-state index in [4.69, 9.17) is 16.8 Å². The fourth-order valence-corrected chi connectivity index (χ4v) is 35.5. The first kappa shape index (κ1) is 38.2. The van der Waals surface area contributed by atoms with Gasteiger partial charge in [-0.05, 0) is 38.8 Å². The summed E-state index contributed by atoms with van der Waals surface area (Å²) < 4.78 is 29.5. The van der Waals surface area contributed by atoms with Crippen molar-refractivity contribution in [3.8, 4) is 0 Å². The van der Waals surface area contributed by atoms with Crippen molar-refractivity contribution in [3.63, 3.8) is 0 Å². The second-order valence-corrected chi connectivity index (χ2v) is 33.4. The maximum Gasteiger partial charge on any atom is 0.398 e. The quantitative estimate of drug-likeness (QED) is 0.164. The normalized spacial score (nSPS) is 14.6. The van der Waals surface area contributed by atoms with Crippen LogP contribution in [-0.2, 0) is 21.6 Å². The molecule has 0 aliphatic rings. The molecule has 0 aromatic carbocycles. The molecule has 5 nitrogen and oxygen atoms in total. The van der Waals surface area contributed by atoms with E-state index in [0.717, 1.165) is 0 Å². The average Bonchev–Trinajstić information content (AvgIpc) is 2.72. The Balaban J connectivity index is 7.52. The molecule has 228 valence electrons. The lowest BCUT2D eigenvalue weighted by atomic mass is 10.5. The summed E-state index contributed by atoms with van der Waals surface area (Å²) in [5.74, 6) is -0.257. The van der Waals surface area contributed by atoms with Crippen molar-refractivity contribution in [2.75, 3.05) is 0 Å². The minimum atomic E-state index is -3.00. The molecule has 0 aromatic rings. The van der Waals surface area contributed by atoms with Crippen LogP contribution in [0.15, 0.2) is 0 Å². The lowest BCUT2D eigenvalue weighted by Gasteiger charge is -2.56. The zero-order valence-electron chi connectivity index (χ0n) is 28.7. The van der Waals surface area contributed by atoms with Gasteiger partial charge in [0, 0.05) is 18.0 Å². The lowest BCUT2D eigenvalue weighted by molar-refractivity contribution is -0.134. The van der Waals surface area contributed by atoms with Crippen LogP contribution in [0.3, 0.4) is 0 Å². The summed E-state index contributed by atoms with van der Waals surface area (Å²) in [6.45, 7) is 42.4. The zero-order valence-corrected chi connectivity index (χ0v) is 32.7. The molecular formula is C29H66O5Si4. The van der Waals surface area contributed by atoms with Gasteiger partial charge in [-0.1, -0.05) is 125 Å². The maximum absolute atomic E-state index is 12.5. The smallest absolute Gasteiger partial charge is 0.398 e. The minimum absolute atomic E-state index is 0.102. The summed E-state index contributed by atoms with van der Waals surface area (Å²) in [5.41, 5.74) is 2.44. The molecule has 0 aliphatic heterocycles. The number of hydrogen-bond donors (Lipinski definition) is 0. The molecule has 0 atom stereocenters. The Labute approximate surface area is 242 Å². The Kier molecular flexibility index (Phi) is 14.5. The predicted octanol–water partition coefficient (Wildman–Crippen LogP) is 10.6. The van der Waals surface area contributed by atoms with Crippen LogP contribution in [0.2, 0.25) is 49.9 Å². The third-order valence-electron chi connectivity index (χ3n) is 8.81. The number of hydrogen-bond acceptors (Lipinski definition) is 5. The van der Waals surface area contributed by atoms with Crippen LogP contribution >= 0.6 is 0 Å². The summed E-state index contributed by atoms with van der Waals surface area (Å²) in [7, 11) is -11.1. The summed E-state index contributed by atoms with van der Waals surface area (Å²) >= 11 is 0. The summed E-state index contributed by atoms with van der Waals surface area (Å²) in [6, 6.07) is 0. The van der Waals surface area contributed by atoms with Gasteiger partial charge in [-0.2, -0.15) is 0 Å². The minimum Gasteiger partial charge on any atom is -0.494 e. The van der Waals surface area contributed by atoms with Crippen LogP contribution in [0.1, 0.15) is 132 Å². The predicted molar refractivity (Wildman–Crippen MR) is 174 cm³/mol. The van der Waals surface area contributed by atoms with Gasteiger partial charge in [-0.3, -0.25) is 4.79 Å². The van der Waals surface area contributed by atoms with E-state index < -0.39 is 34.0 Å². The van der Waals surface area contributed by atoms with Gasteiger partial charge in [-0.15, -0.1) is 0 Å². The Morgan fingerprint density at radius 1 is 0.395 bits per heavy atom. The van der Waals surface area contributed by atoms with Crippen LogP contribution < -0.4 is 0 Å². The van der Waals surface area contributed by atoms with E-state index in [1.165, 1.54) is 6.92 Å². The van der Waals surface area contributed by atoms with Crippen molar-refractivity contribution >= 4 is 40.0 Å². The van der Waals surface area contributed by atoms with Crippen LogP contribution in [0, 0.1) is 0 Å². The highest BCUT2D eigenvalue weighted by Crippen LogP contribution is 2.52. The Morgan fingerprint density at radius 2 is 0.632 bits per heavy atom. The van der Waals surface area contributed by atoms with Gasteiger partial charge in [0.1, 0.15) is 0 Å². The molecule has 0 N–H and O–H groups in total. The van der Waals surface area contributed by atoms with E-state index in [2.05, 4.69) is 125 Å². The van der Waals surface area contributed by atoms with Gasteiger partial charge in [0.25, 0.3) is 5.97 Å². The first-order valence-corrected chi connectivity index (χ1v) is 23.4. The van der Waals surface area contributed by atoms with Crippen molar-refractivity contribution in [2.45, 2.75) is 181 Å². The van der Waals surface area contributed by atoms with Gasteiger partial charge in [0.2, 0.25) is 0 Å². The fraction of sp³-hybridized carbons (Fsp3) is 0.966. The van der Waals surface area contributed by atoms with E-state index >= 15 is 0 Å². The van der Waals surface area contributed by atoms with Crippen molar-refractivity contribution in [1.82, 2.24) is 0 Å². The van der Waals surface area contributed by atoms with E-state index in [9.17, 15) is 4.79 Å². The molecule has 38 heavy (non-hydrogen) atoms. The molecule has 0 rings (SSSR count). The first-order chi connectivity index (χ1) is 17.0. The molecule has 0 saturated carbocycles. The lowest BCUT2D eigenvalue weighted by Crippen LogP contribution is -2.69. The topological polar surface area (TPSA) is 54.0 Å². The third-order valence-corrected chi connectivity index (χ3v) is 32.3. The van der Waals surface area contributed by atoms with Crippen molar-refractivity contribution in [3.05, 3.63) is 0 Å². The molecule has 0 unspecified atom stereocenters. The molecule has 9 heteroatoms. The molecule has 0 spiro atoms. The van der Waals surface area contributed by atoms with Crippen molar-refractivity contribution in [2.24, 2.45) is 0 Å². The van der Waals surface area contributed by atoms with Crippen LogP contribution in [0.25, 0.3) is 0 Å². The molecule has 0 aliphatic carbocycles. The molecule has 0 heterocycles. The van der Waals surface area contributed by atoms with Gasteiger partial charge < -0.3 is 16.8 Å². The van der Waals surface area contributed by atoms with Crippen molar-refractivity contribution in [1.29, 1.82) is 0 Å². The standard InChI is InChI=1S/C29H66O5Si4/c1-20(2)35(21(3)4,22(5)6)32-37(25(11)12,26(13)14)34-38(27(15)16,28(17)18)33-36(23(7)8,24(9)10)31-29(19)30/h20-28H,1-19H3. The Morgan fingerprint density at radius 3 is 0.842 bits per heavy atom. The molecule has 0 fully saturated rings. The summed E-state index contributed by atoms with van der Waals surface area (Å²) in [6.07, 6.45) is 0. The summed E-state index contributed by atoms with van der Waals surface area (Å²) in [5, 5.41) is 0. The number of rotatable bonds is 16. The Bertz CT molecular complexity index is 687. The van der Waals surface area contributed by atoms with E-state index in [0.29, 0.717) is 16.6 Å². The van der Waals surface area contributed by atoms with Crippen LogP contribution in [-0.4, -0.2) is 40.0 Å². The molecule has 0 bridgehead atoms. The van der Waals surface area contributed by atoms with Gasteiger partial charge in [0.05, 0.1) is 0 Å². The largest absolute Gasteiger partial charge is 0.494 e. The highest BCUT2D eigenvalue weighted by molar-refractivity contribution is 6.93. The van der Waals surface area contributed by atoms with E-state index in [1.54, 1.807) is 0 Å². The number of carbonyl (C=O) groups is 1. The average molecular weight is 607 g/mol.